The number of rotatable bonds is 0. The molecule has 0 bridgehead atoms. The van der Waals surface area contributed by atoms with Gasteiger partial charge in [0.05, 0.1) is 34.6 Å². The summed E-state index contributed by atoms with van der Waals surface area (Å²) in [5.41, 5.74) is 5.67. The van der Waals surface area contributed by atoms with Crippen LogP contribution in [0.2, 0.25) is 0 Å². The summed E-state index contributed by atoms with van der Waals surface area (Å²) >= 11 is 0. The fourth-order valence-corrected chi connectivity index (χ4v) is 4.10. The monoisotopic (exact) mass is 322 g/mol. The highest BCUT2D eigenvalue weighted by atomic mass is 15.0. The third-order valence-electron chi connectivity index (χ3n) is 5.27. The Bertz CT molecular complexity index is 1450. The predicted molar refractivity (Wildman–Crippen MR) is 102 cm³/mol. The number of benzene rings is 2. The van der Waals surface area contributed by atoms with Crippen LogP contribution < -0.4 is 0 Å². The number of aryl methyl sites for hydroxylation is 1. The van der Waals surface area contributed by atoms with E-state index in [1.807, 2.05) is 24.8 Å². The quantitative estimate of drug-likeness (QED) is 0.381. The van der Waals surface area contributed by atoms with E-state index in [-0.39, 0.29) is 0 Å². The minimum atomic E-state index is 0.993. The van der Waals surface area contributed by atoms with Crippen molar-refractivity contribution in [3.63, 3.8) is 0 Å². The second-order valence-electron chi connectivity index (χ2n) is 6.51. The van der Waals surface area contributed by atoms with Gasteiger partial charge in [0.15, 0.2) is 0 Å². The molecular formula is C21H14N4. The predicted octanol–water partition coefficient (Wildman–Crippen LogP) is 4.68. The van der Waals surface area contributed by atoms with Crippen LogP contribution in [0.3, 0.4) is 0 Å². The van der Waals surface area contributed by atoms with Crippen molar-refractivity contribution in [2.75, 3.05) is 0 Å². The molecule has 0 fully saturated rings. The molecule has 6 rings (SSSR count). The van der Waals surface area contributed by atoms with Gasteiger partial charge in [0.2, 0.25) is 0 Å². The Hall–Kier alpha value is -3.40. The van der Waals surface area contributed by atoms with Gasteiger partial charge in [0.1, 0.15) is 0 Å². The second kappa shape index (κ2) is 4.36. The van der Waals surface area contributed by atoms with Crippen LogP contribution in [0.5, 0.6) is 0 Å². The van der Waals surface area contributed by atoms with E-state index in [2.05, 4.69) is 68.4 Å². The van der Waals surface area contributed by atoms with Crippen molar-refractivity contribution < 1.29 is 0 Å². The molecule has 2 aromatic carbocycles. The highest BCUT2D eigenvalue weighted by Gasteiger charge is 2.14. The van der Waals surface area contributed by atoms with E-state index >= 15 is 0 Å². The molecule has 0 atom stereocenters. The fraction of sp³-hybridized carbons (Fsp3) is 0.0476. The summed E-state index contributed by atoms with van der Waals surface area (Å²) in [7, 11) is 2.13. The van der Waals surface area contributed by atoms with E-state index in [9.17, 15) is 0 Å². The van der Waals surface area contributed by atoms with Crippen molar-refractivity contribution in [2.45, 2.75) is 0 Å². The first kappa shape index (κ1) is 13.0. The molecule has 0 aliphatic rings. The van der Waals surface area contributed by atoms with Gasteiger partial charge in [-0.3, -0.25) is 9.38 Å². The molecule has 4 aromatic heterocycles. The van der Waals surface area contributed by atoms with Crippen LogP contribution in [0.1, 0.15) is 0 Å². The van der Waals surface area contributed by atoms with Gasteiger partial charge < -0.3 is 4.57 Å². The second-order valence-corrected chi connectivity index (χ2v) is 6.51. The van der Waals surface area contributed by atoms with Crippen molar-refractivity contribution >= 4 is 49.1 Å². The largest absolute Gasteiger partial charge is 0.344 e. The SMILES string of the molecule is Cn1c2ccccc2c2cc3c4cccnc4c4cncn4c3cc21. The first-order valence-electron chi connectivity index (χ1n) is 8.32. The number of fused-ring (bicyclic) bond motifs is 9. The molecule has 0 aliphatic heterocycles. The van der Waals surface area contributed by atoms with Crippen LogP contribution in [-0.4, -0.2) is 18.9 Å². The van der Waals surface area contributed by atoms with Crippen molar-refractivity contribution in [2.24, 2.45) is 7.05 Å². The number of nitrogens with zero attached hydrogens (tertiary/aromatic N) is 4. The number of imidazole rings is 1. The van der Waals surface area contributed by atoms with Crippen molar-refractivity contribution in [1.82, 2.24) is 18.9 Å². The molecule has 6 aromatic rings. The molecular weight excluding hydrogens is 308 g/mol. The van der Waals surface area contributed by atoms with Crippen LogP contribution in [0.4, 0.5) is 0 Å². The third-order valence-corrected chi connectivity index (χ3v) is 5.27. The lowest BCUT2D eigenvalue weighted by Crippen LogP contribution is -1.92. The fourth-order valence-electron chi connectivity index (χ4n) is 4.10. The summed E-state index contributed by atoms with van der Waals surface area (Å²) in [4.78, 5) is 8.98. The van der Waals surface area contributed by atoms with Crippen LogP contribution >= 0.6 is 0 Å². The number of pyridine rings is 2. The van der Waals surface area contributed by atoms with Gasteiger partial charge in [0, 0.05) is 40.3 Å². The molecule has 4 heteroatoms. The van der Waals surface area contributed by atoms with E-state index in [0.29, 0.717) is 0 Å². The molecule has 0 radical (unpaired) electrons. The van der Waals surface area contributed by atoms with Gasteiger partial charge in [0.25, 0.3) is 0 Å². The maximum atomic E-state index is 4.61. The number of para-hydroxylation sites is 1. The first-order chi connectivity index (χ1) is 12.3. The first-order valence-corrected chi connectivity index (χ1v) is 8.32. The molecule has 0 N–H and O–H groups in total. The Morgan fingerprint density at radius 3 is 2.56 bits per heavy atom. The van der Waals surface area contributed by atoms with Crippen molar-refractivity contribution in [3.05, 3.63) is 67.3 Å². The average Bonchev–Trinajstić information content (AvgIpc) is 3.26. The number of aromatic nitrogens is 4. The summed E-state index contributed by atoms with van der Waals surface area (Å²) in [5.74, 6) is 0. The molecule has 0 saturated heterocycles. The van der Waals surface area contributed by atoms with Crippen LogP contribution in [0.15, 0.2) is 67.3 Å². The standard InChI is InChI=1S/C21H14N4/c1-24-17-7-3-2-5-13(17)15-9-16-14-6-4-8-23-21(14)20-11-22-12-25(20)19(16)10-18(15)24/h2-12H,1H3. The van der Waals surface area contributed by atoms with Gasteiger partial charge >= 0.3 is 0 Å². The van der Waals surface area contributed by atoms with Gasteiger partial charge in [-0.05, 0) is 24.3 Å². The third kappa shape index (κ3) is 1.51. The summed E-state index contributed by atoms with van der Waals surface area (Å²) in [6.45, 7) is 0. The highest BCUT2D eigenvalue weighted by molar-refractivity contribution is 6.18. The topological polar surface area (TPSA) is 35.1 Å². The van der Waals surface area contributed by atoms with Gasteiger partial charge in [-0.15, -0.1) is 0 Å². The molecule has 0 aliphatic carbocycles. The van der Waals surface area contributed by atoms with E-state index in [1.165, 1.54) is 32.6 Å². The smallest absolute Gasteiger partial charge is 0.0997 e. The van der Waals surface area contributed by atoms with Gasteiger partial charge in [-0.2, -0.15) is 0 Å². The van der Waals surface area contributed by atoms with Gasteiger partial charge in [-0.25, -0.2) is 4.98 Å². The molecule has 0 saturated carbocycles. The maximum Gasteiger partial charge on any atom is 0.0997 e. The van der Waals surface area contributed by atoms with Crippen molar-refractivity contribution in [1.29, 1.82) is 0 Å². The van der Waals surface area contributed by atoms with Crippen molar-refractivity contribution in [3.8, 4) is 0 Å². The summed E-state index contributed by atoms with van der Waals surface area (Å²) < 4.78 is 4.40. The van der Waals surface area contributed by atoms with E-state index in [0.717, 1.165) is 16.6 Å². The Morgan fingerprint density at radius 2 is 1.60 bits per heavy atom. The summed E-state index contributed by atoms with van der Waals surface area (Å²) in [6, 6.07) is 17.3. The zero-order valence-electron chi connectivity index (χ0n) is 13.6. The number of hydrogen-bond acceptors (Lipinski definition) is 2. The Balaban J connectivity index is 1.98. The van der Waals surface area contributed by atoms with Crippen LogP contribution in [-0.2, 0) is 7.05 Å². The van der Waals surface area contributed by atoms with Gasteiger partial charge in [-0.1, -0.05) is 24.3 Å². The summed E-state index contributed by atoms with van der Waals surface area (Å²) in [6.07, 6.45) is 5.61. The molecule has 4 nitrogen and oxygen atoms in total. The highest BCUT2D eigenvalue weighted by Crippen LogP contribution is 2.35. The maximum absolute atomic E-state index is 4.61. The lowest BCUT2D eigenvalue weighted by atomic mass is 10.0. The Morgan fingerprint density at radius 1 is 0.760 bits per heavy atom. The lowest BCUT2D eigenvalue weighted by molar-refractivity contribution is 1.01. The molecule has 0 amide bonds. The van der Waals surface area contributed by atoms with E-state index < -0.39 is 0 Å². The summed E-state index contributed by atoms with van der Waals surface area (Å²) in [5, 5.41) is 4.93. The Labute approximate surface area is 142 Å². The van der Waals surface area contributed by atoms with E-state index in [4.69, 9.17) is 0 Å². The van der Waals surface area contributed by atoms with E-state index in [1.54, 1.807) is 0 Å². The molecule has 4 heterocycles. The minimum absolute atomic E-state index is 0.993. The molecule has 25 heavy (non-hydrogen) atoms. The Kier molecular flexibility index (Phi) is 2.26. The lowest BCUT2D eigenvalue weighted by Gasteiger charge is -2.09. The zero-order chi connectivity index (χ0) is 16.5. The molecule has 118 valence electrons. The molecule has 0 unspecified atom stereocenters. The minimum Gasteiger partial charge on any atom is -0.344 e. The number of hydrogen-bond donors (Lipinski definition) is 0. The zero-order valence-corrected chi connectivity index (χ0v) is 13.6. The van der Waals surface area contributed by atoms with Crippen LogP contribution in [0.25, 0.3) is 49.1 Å². The normalized spacial score (nSPS) is 12.2. The molecule has 0 spiro atoms. The average molecular weight is 322 g/mol. The van der Waals surface area contributed by atoms with Crippen LogP contribution in [0, 0.1) is 0 Å².